The number of carboxylic acid groups (broad SMARTS) is 1. The summed E-state index contributed by atoms with van der Waals surface area (Å²) in [4.78, 5) is 11.8. The van der Waals surface area contributed by atoms with Crippen LogP contribution in [-0.2, 0) is 0 Å². The number of hydrogen-bond donors (Lipinski definition) is 2. The number of amides is 1. The van der Waals surface area contributed by atoms with Gasteiger partial charge in [-0.2, -0.15) is 0 Å². The van der Waals surface area contributed by atoms with Crippen LogP contribution in [0.5, 0.6) is 0 Å². The molecule has 0 radical (unpaired) electrons. The average molecular weight is 331 g/mol. The highest BCUT2D eigenvalue weighted by Crippen LogP contribution is 2.42. The molecule has 5 nitrogen and oxygen atoms in total. The van der Waals surface area contributed by atoms with Crippen LogP contribution in [0.1, 0.15) is 57.9 Å². The van der Waals surface area contributed by atoms with Crippen LogP contribution in [0, 0.1) is 0 Å². The zero-order chi connectivity index (χ0) is 17.5. The number of nitrogens with one attached hydrogen (secondary N) is 1. The third kappa shape index (κ3) is 3.09. The molecule has 1 aliphatic heterocycles. The number of carbonyl (C=O) groups is 1. The molecule has 2 aliphatic rings. The first-order chi connectivity index (χ1) is 11.2. The van der Waals surface area contributed by atoms with E-state index in [-0.39, 0.29) is 16.1 Å². The van der Waals surface area contributed by atoms with Gasteiger partial charge in [-0.25, -0.2) is 0 Å². The molecule has 1 saturated carbocycles. The van der Waals surface area contributed by atoms with Gasteiger partial charge in [-0.15, -0.1) is 0 Å². The van der Waals surface area contributed by atoms with Gasteiger partial charge in [0, 0.05) is 18.9 Å². The predicted octanol–water partition coefficient (Wildman–Crippen LogP) is 2.68. The van der Waals surface area contributed by atoms with E-state index in [2.05, 4.69) is 17.4 Å². The molecule has 1 aromatic carbocycles. The second kappa shape index (κ2) is 5.96. The first-order valence-corrected chi connectivity index (χ1v) is 8.97. The summed E-state index contributed by atoms with van der Waals surface area (Å²) >= 11 is 0. The number of anilines is 2. The summed E-state index contributed by atoms with van der Waals surface area (Å²) in [5.41, 5.74) is 8.89. The van der Waals surface area contributed by atoms with E-state index in [1.807, 2.05) is 26.8 Å². The standard InChI is InChI=1S/C19H29N3O2/c1-19(2,3)22(18(23)24)10-8-15(9-11-22)21-17-12-14(13-4-5-13)6-7-16(17)20/h6-7,12-13,15,21H,4-5,8-11,20H2,1-3H3. The Hall–Kier alpha value is -1.75. The molecular formula is C19H29N3O2. The summed E-state index contributed by atoms with van der Waals surface area (Å²) in [6.45, 7) is 7.12. The van der Waals surface area contributed by atoms with Gasteiger partial charge in [-0.05, 0) is 57.2 Å². The third-order valence-corrected chi connectivity index (χ3v) is 5.84. The van der Waals surface area contributed by atoms with Gasteiger partial charge in [0.05, 0.1) is 30.0 Å². The summed E-state index contributed by atoms with van der Waals surface area (Å²) in [7, 11) is 0. The Balaban J connectivity index is 1.69. The normalized spacial score (nSPS) is 27.7. The van der Waals surface area contributed by atoms with Crippen LogP contribution < -0.4 is 16.2 Å². The number of hydrogen-bond acceptors (Lipinski definition) is 4. The van der Waals surface area contributed by atoms with E-state index in [1.165, 1.54) is 18.4 Å². The van der Waals surface area contributed by atoms with Crippen molar-refractivity contribution in [2.24, 2.45) is 0 Å². The smallest absolute Gasteiger partial charge is 0.257 e. The highest BCUT2D eigenvalue weighted by molar-refractivity contribution is 5.68. The highest BCUT2D eigenvalue weighted by Gasteiger charge is 2.45. The minimum atomic E-state index is -0.962. The Bertz CT molecular complexity index is 624. The van der Waals surface area contributed by atoms with E-state index < -0.39 is 6.09 Å². The Kier molecular flexibility index (Phi) is 4.24. The van der Waals surface area contributed by atoms with Crippen LogP contribution in [0.2, 0.25) is 0 Å². The van der Waals surface area contributed by atoms with Crippen LogP contribution in [0.15, 0.2) is 18.2 Å². The average Bonchev–Trinajstić information content (AvgIpc) is 3.33. The Morgan fingerprint density at radius 1 is 1.21 bits per heavy atom. The lowest BCUT2D eigenvalue weighted by atomic mass is 9.93. The number of likely N-dealkylation sites (tertiary alicyclic amines) is 1. The van der Waals surface area contributed by atoms with Crippen LogP contribution in [0.4, 0.5) is 16.2 Å². The number of piperidine rings is 1. The number of nitrogen functional groups attached to an aromatic ring is 1. The Labute approximate surface area is 144 Å². The lowest BCUT2D eigenvalue weighted by Crippen LogP contribution is -2.70. The van der Waals surface area contributed by atoms with Crippen molar-refractivity contribution in [3.05, 3.63) is 23.8 Å². The molecule has 0 spiro atoms. The predicted molar refractivity (Wildman–Crippen MR) is 94.6 cm³/mol. The SMILES string of the molecule is CC(C)(C)[N+]1(C(=O)[O-])CCC(Nc2cc(C3CC3)ccc2N)CC1. The first-order valence-electron chi connectivity index (χ1n) is 8.97. The van der Waals surface area contributed by atoms with Gasteiger partial charge in [0.1, 0.15) is 0 Å². The van der Waals surface area contributed by atoms with Gasteiger partial charge in [0.15, 0.2) is 0 Å². The van der Waals surface area contributed by atoms with Crippen molar-refractivity contribution in [3.63, 3.8) is 0 Å². The van der Waals surface area contributed by atoms with Crippen molar-refractivity contribution in [1.82, 2.24) is 0 Å². The Morgan fingerprint density at radius 3 is 2.33 bits per heavy atom. The van der Waals surface area contributed by atoms with E-state index in [4.69, 9.17) is 5.73 Å². The molecule has 0 bridgehead atoms. The minimum absolute atomic E-state index is 0.0305. The number of rotatable bonds is 3. The Morgan fingerprint density at radius 2 is 1.83 bits per heavy atom. The largest absolute Gasteiger partial charge is 0.498 e. The van der Waals surface area contributed by atoms with Crippen molar-refractivity contribution in [2.45, 2.75) is 64.0 Å². The second-order valence-corrected chi connectivity index (χ2v) is 8.39. The molecule has 24 heavy (non-hydrogen) atoms. The molecule has 5 heteroatoms. The van der Waals surface area contributed by atoms with Gasteiger partial charge in [0.2, 0.25) is 0 Å². The van der Waals surface area contributed by atoms with Crippen LogP contribution in [0.3, 0.4) is 0 Å². The summed E-state index contributed by atoms with van der Waals surface area (Å²) in [6.07, 6.45) is 3.18. The fourth-order valence-electron chi connectivity index (χ4n) is 3.87. The highest BCUT2D eigenvalue weighted by atomic mass is 16.4. The zero-order valence-electron chi connectivity index (χ0n) is 15.0. The summed E-state index contributed by atoms with van der Waals surface area (Å²) in [6, 6.07) is 6.54. The van der Waals surface area contributed by atoms with Crippen molar-refractivity contribution < 1.29 is 14.4 Å². The van der Waals surface area contributed by atoms with E-state index in [9.17, 15) is 9.90 Å². The number of quaternary nitrogens is 1. The molecule has 1 saturated heterocycles. The molecule has 1 aliphatic carbocycles. The van der Waals surface area contributed by atoms with Gasteiger partial charge >= 0.3 is 0 Å². The molecule has 2 fully saturated rings. The van der Waals surface area contributed by atoms with Gasteiger partial charge in [0.25, 0.3) is 6.09 Å². The summed E-state index contributed by atoms with van der Waals surface area (Å²) in [5, 5.41) is 15.3. The van der Waals surface area contributed by atoms with Crippen LogP contribution in [-0.4, -0.2) is 35.2 Å². The van der Waals surface area contributed by atoms with E-state index in [1.54, 1.807) is 0 Å². The number of nitrogens with two attached hydrogens (primary N) is 1. The lowest BCUT2D eigenvalue weighted by molar-refractivity contribution is -0.923. The van der Waals surface area contributed by atoms with Crippen molar-refractivity contribution in [3.8, 4) is 0 Å². The van der Waals surface area contributed by atoms with E-state index >= 15 is 0 Å². The third-order valence-electron chi connectivity index (χ3n) is 5.84. The summed E-state index contributed by atoms with van der Waals surface area (Å²) < 4.78 is 0.0305. The minimum Gasteiger partial charge on any atom is -0.498 e. The quantitative estimate of drug-likeness (QED) is 0.659. The number of benzene rings is 1. The fraction of sp³-hybridized carbons (Fsp3) is 0.632. The molecule has 3 N–H and O–H groups in total. The van der Waals surface area contributed by atoms with Crippen molar-refractivity contribution in [2.75, 3.05) is 24.1 Å². The van der Waals surface area contributed by atoms with Crippen molar-refractivity contribution >= 4 is 17.5 Å². The molecular weight excluding hydrogens is 302 g/mol. The lowest BCUT2D eigenvalue weighted by Gasteiger charge is -2.51. The molecule has 1 heterocycles. The van der Waals surface area contributed by atoms with Gasteiger partial charge in [-0.3, -0.25) is 4.48 Å². The summed E-state index contributed by atoms with van der Waals surface area (Å²) in [5.74, 6) is 0.695. The number of carbonyl (C=O) groups excluding carboxylic acids is 1. The molecule has 0 atom stereocenters. The molecule has 3 rings (SSSR count). The first kappa shape index (κ1) is 17.1. The maximum atomic E-state index is 11.8. The maximum Gasteiger partial charge on any atom is 0.257 e. The van der Waals surface area contributed by atoms with Gasteiger partial charge in [-0.1, -0.05) is 6.07 Å². The molecule has 132 valence electrons. The van der Waals surface area contributed by atoms with Crippen LogP contribution in [0.25, 0.3) is 0 Å². The monoisotopic (exact) mass is 331 g/mol. The number of nitrogens with zero attached hydrogens (tertiary/aromatic N) is 1. The van der Waals surface area contributed by atoms with Crippen molar-refractivity contribution in [1.29, 1.82) is 0 Å². The topological polar surface area (TPSA) is 78.2 Å². The van der Waals surface area contributed by atoms with E-state index in [0.717, 1.165) is 24.2 Å². The molecule has 0 unspecified atom stereocenters. The molecule has 1 aromatic rings. The fourth-order valence-corrected chi connectivity index (χ4v) is 3.87. The van der Waals surface area contributed by atoms with E-state index in [0.29, 0.717) is 19.0 Å². The maximum absolute atomic E-state index is 11.8. The van der Waals surface area contributed by atoms with Crippen LogP contribution >= 0.6 is 0 Å². The van der Waals surface area contributed by atoms with Gasteiger partial charge < -0.3 is 21.0 Å². The molecule has 1 amide bonds. The zero-order valence-corrected chi connectivity index (χ0v) is 15.0. The molecule has 0 aromatic heterocycles. The second-order valence-electron chi connectivity index (χ2n) is 8.39.